The van der Waals surface area contributed by atoms with Crippen molar-refractivity contribution >= 4 is 29.6 Å². The quantitative estimate of drug-likeness (QED) is 0.650. The Morgan fingerprint density at radius 1 is 1.33 bits per heavy atom. The number of aromatic nitrogens is 1. The second kappa shape index (κ2) is 4.53. The van der Waals surface area contributed by atoms with Crippen molar-refractivity contribution in [3.8, 4) is 0 Å². The van der Waals surface area contributed by atoms with Crippen molar-refractivity contribution in [3.63, 3.8) is 0 Å². The largest absolute Gasteiger partial charge is 0.284 e. The minimum Gasteiger partial charge on any atom is -0.284 e. The van der Waals surface area contributed by atoms with E-state index in [4.69, 9.17) is 0 Å². The highest BCUT2D eigenvalue weighted by Crippen LogP contribution is 2.33. The van der Waals surface area contributed by atoms with Gasteiger partial charge in [0.05, 0.1) is 5.69 Å². The number of carbonyl (C=O) groups is 3. The van der Waals surface area contributed by atoms with Gasteiger partial charge in [-0.05, 0) is 19.1 Å². The standard InChI is InChI=1S/C12H12N2O3S/c1-12(11(17)18,8-4-2-3-7-13-8)14-9(15)5-6-10(14)16/h2-4,7H,5-6H2,1H3,(H,17,18). The first kappa shape index (κ1) is 12.8. The summed E-state index contributed by atoms with van der Waals surface area (Å²) in [5.41, 5.74) is -1.09. The molecule has 1 fully saturated rings. The second-order valence-corrected chi connectivity index (χ2v) is 4.62. The molecule has 6 heteroatoms. The van der Waals surface area contributed by atoms with Crippen molar-refractivity contribution in [1.82, 2.24) is 9.88 Å². The molecular weight excluding hydrogens is 252 g/mol. The maximum absolute atomic E-state index is 11.8. The second-order valence-electron chi connectivity index (χ2n) is 4.22. The summed E-state index contributed by atoms with van der Waals surface area (Å²) in [7, 11) is 0. The molecular formula is C12H12N2O3S. The molecule has 1 atom stereocenters. The molecule has 0 aliphatic carbocycles. The van der Waals surface area contributed by atoms with Crippen LogP contribution in [0.3, 0.4) is 0 Å². The van der Waals surface area contributed by atoms with Crippen molar-refractivity contribution < 1.29 is 14.4 Å². The molecule has 1 saturated heterocycles. The number of amides is 2. The maximum atomic E-state index is 11.8. The molecule has 2 amide bonds. The van der Waals surface area contributed by atoms with Crippen molar-refractivity contribution in [2.24, 2.45) is 0 Å². The molecule has 2 heterocycles. The van der Waals surface area contributed by atoms with Crippen LogP contribution in [-0.2, 0) is 19.9 Å². The van der Waals surface area contributed by atoms with E-state index in [2.05, 4.69) is 17.6 Å². The highest BCUT2D eigenvalue weighted by atomic mass is 32.1. The molecule has 2 rings (SSSR count). The summed E-state index contributed by atoms with van der Waals surface area (Å²) in [5, 5.41) is -0.579. The van der Waals surface area contributed by atoms with E-state index in [0.29, 0.717) is 5.69 Å². The first-order valence-corrected chi connectivity index (χ1v) is 5.93. The van der Waals surface area contributed by atoms with E-state index in [1.165, 1.54) is 13.1 Å². The van der Waals surface area contributed by atoms with E-state index >= 15 is 0 Å². The van der Waals surface area contributed by atoms with Crippen molar-refractivity contribution in [2.75, 3.05) is 0 Å². The Hall–Kier alpha value is -1.69. The third-order valence-corrected chi connectivity index (χ3v) is 3.51. The molecule has 0 saturated carbocycles. The molecule has 0 radical (unpaired) electrons. The third-order valence-electron chi connectivity index (χ3n) is 3.08. The lowest BCUT2D eigenvalue weighted by atomic mass is 9.96. The van der Waals surface area contributed by atoms with Crippen LogP contribution in [0.2, 0.25) is 0 Å². The Morgan fingerprint density at radius 2 is 1.94 bits per heavy atom. The fraction of sp³-hybridized carbons (Fsp3) is 0.333. The van der Waals surface area contributed by atoms with Crippen LogP contribution in [-0.4, -0.2) is 26.8 Å². The monoisotopic (exact) mass is 264 g/mol. The summed E-state index contributed by atoms with van der Waals surface area (Å²) in [4.78, 5) is 40.5. The fourth-order valence-corrected chi connectivity index (χ4v) is 2.26. The molecule has 0 bridgehead atoms. The van der Waals surface area contributed by atoms with Crippen LogP contribution in [0, 0.1) is 0 Å². The SMILES string of the molecule is CC(C(=O)S)(c1ccccn1)N1C(=O)CCC1=O. The zero-order valence-electron chi connectivity index (χ0n) is 9.79. The topological polar surface area (TPSA) is 67.3 Å². The number of rotatable bonds is 3. The van der Waals surface area contributed by atoms with Crippen LogP contribution in [0.4, 0.5) is 0 Å². The summed E-state index contributed by atoms with van der Waals surface area (Å²) >= 11 is 3.82. The summed E-state index contributed by atoms with van der Waals surface area (Å²) < 4.78 is 0. The highest BCUT2D eigenvalue weighted by Gasteiger charge is 2.49. The molecule has 18 heavy (non-hydrogen) atoms. The van der Waals surface area contributed by atoms with Gasteiger partial charge in [-0.3, -0.25) is 24.3 Å². The lowest BCUT2D eigenvalue weighted by Crippen LogP contribution is -2.51. The van der Waals surface area contributed by atoms with Crippen molar-refractivity contribution in [3.05, 3.63) is 30.1 Å². The van der Waals surface area contributed by atoms with Gasteiger partial charge in [-0.1, -0.05) is 6.07 Å². The molecule has 94 valence electrons. The third kappa shape index (κ3) is 1.82. The van der Waals surface area contributed by atoms with Crippen LogP contribution < -0.4 is 0 Å². The average molecular weight is 264 g/mol. The molecule has 1 aromatic rings. The lowest BCUT2D eigenvalue weighted by molar-refractivity contribution is -0.150. The van der Waals surface area contributed by atoms with Gasteiger partial charge < -0.3 is 0 Å². The predicted molar refractivity (Wildman–Crippen MR) is 66.7 cm³/mol. The van der Waals surface area contributed by atoms with E-state index in [0.717, 1.165) is 4.90 Å². The van der Waals surface area contributed by atoms with E-state index in [1.807, 2.05) is 0 Å². The normalized spacial score (nSPS) is 18.9. The van der Waals surface area contributed by atoms with Crippen LogP contribution in [0.15, 0.2) is 24.4 Å². The Labute approximate surface area is 110 Å². The number of hydrogen-bond donors (Lipinski definition) is 1. The number of imide groups is 1. The van der Waals surface area contributed by atoms with Gasteiger partial charge in [0, 0.05) is 19.0 Å². The number of hydrogen-bond acceptors (Lipinski definition) is 4. The first-order chi connectivity index (χ1) is 8.48. The average Bonchev–Trinajstić information content (AvgIpc) is 2.69. The van der Waals surface area contributed by atoms with E-state index in [-0.39, 0.29) is 24.7 Å². The molecule has 1 aliphatic heterocycles. The van der Waals surface area contributed by atoms with Gasteiger partial charge in [-0.15, -0.1) is 12.6 Å². The van der Waals surface area contributed by atoms with Gasteiger partial charge in [0.2, 0.25) is 16.9 Å². The smallest absolute Gasteiger partial charge is 0.230 e. The molecule has 1 aromatic heterocycles. The van der Waals surface area contributed by atoms with Gasteiger partial charge in [-0.25, -0.2) is 0 Å². The van der Waals surface area contributed by atoms with Crippen molar-refractivity contribution in [1.29, 1.82) is 0 Å². The Bertz CT molecular complexity index is 501. The highest BCUT2D eigenvalue weighted by molar-refractivity contribution is 7.96. The van der Waals surface area contributed by atoms with Crippen LogP contribution in [0.1, 0.15) is 25.5 Å². The molecule has 1 aliphatic rings. The Kier molecular flexibility index (Phi) is 3.21. The van der Waals surface area contributed by atoms with Gasteiger partial charge >= 0.3 is 0 Å². The molecule has 0 N–H and O–H groups in total. The molecule has 0 aromatic carbocycles. The molecule has 1 unspecified atom stereocenters. The Morgan fingerprint density at radius 3 is 2.39 bits per heavy atom. The summed E-state index contributed by atoms with van der Waals surface area (Å²) in [6, 6.07) is 5.00. The number of likely N-dealkylation sites (tertiary alicyclic amines) is 1. The van der Waals surface area contributed by atoms with Crippen LogP contribution in [0.25, 0.3) is 0 Å². The number of nitrogens with zero attached hydrogens (tertiary/aromatic N) is 2. The van der Waals surface area contributed by atoms with Gasteiger partial charge in [0.15, 0.2) is 5.54 Å². The van der Waals surface area contributed by atoms with Gasteiger partial charge in [0.1, 0.15) is 0 Å². The zero-order valence-corrected chi connectivity index (χ0v) is 10.7. The minimum absolute atomic E-state index is 0.127. The number of pyridine rings is 1. The zero-order chi connectivity index (χ0) is 13.3. The van der Waals surface area contributed by atoms with Gasteiger partial charge in [0.25, 0.3) is 0 Å². The summed E-state index contributed by atoms with van der Waals surface area (Å²) in [5.74, 6) is -0.730. The number of thiol groups is 1. The van der Waals surface area contributed by atoms with Gasteiger partial charge in [-0.2, -0.15) is 0 Å². The van der Waals surface area contributed by atoms with E-state index < -0.39 is 10.7 Å². The fourth-order valence-electron chi connectivity index (χ4n) is 2.05. The maximum Gasteiger partial charge on any atom is 0.230 e. The number of carbonyl (C=O) groups excluding carboxylic acids is 3. The lowest BCUT2D eigenvalue weighted by Gasteiger charge is -2.33. The van der Waals surface area contributed by atoms with Crippen LogP contribution in [0.5, 0.6) is 0 Å². The molecule has 5 nitrogen and oxygen atoms in total. The van der Waals surface area contributed by atoms with Crippen LogP contribution >= 0.6 is 12.6 Å². The van der Waals surface area contributed by atoms with E-state index in [9.17, 15) is 14.4 Å². The minimum atomic E-state index is -1.44. The van der Waals surface area contributed by atoms with E-state index in [1.54, 1.807) is 18.2 Å². The Balaban J connectivity index is 2.55. The molecule has 0 spiro atoms. The van der Waals surface area contributed by atoms with Crippen molar-refractivity contribution in [2.45, 2.75) is 25.3 Å². The summed E-state index contributed by atoms with van der Waals surface area (Å²) in [6.45, 7) is 1.49. The predicted octanol–water partition coefficient (Wildman–Crippen LogP) is 0.902. The summed E-state index contributed by atoms with van der Waals surface area (Å²) in [6.07, 6.45) is 1.76. The first-order valence-electron chi connectivity index (χ1n) is 5.48.